The molecule has 0 unspecified atom stereocenters. The van der Waals surface area contributed by atoms with Gasteiger partial charge >= 0.3 is 0 Å². The van der Waals surface area contributed by atoms with Crippen LogP contribution in [-0.2, 0) is 9.59 Å². The van der Waals surface area contributed by atoms with Crippen LogP contribution in [0.4, 0.5) is 5.69 Å². The summed E-state index contributed by atoms with van der Waals surface area (Å²) in [6.07, 6.45) is 5.99. The van der Waals surface area contributed by atoms with Gasteiger partial charge in [0.1, 0.15) is 6.04 Å². The minimum Gasteiger partial charge on any atom is -0.374 e. The molecule has 0 saturated carbocycles. The predicted molar refractivity (Wildman–Crippen MR) is 110 cm³/mol. The van der Waals surface area contributed by atoms with E-state index in [2.05, 4.69) is 39.0 Å². The molecule has 6 heteroatoms. The van der Waals surface area contributed by atoms with E-state index >= 15 is 0 Å². The van der Waals surface area contributed by atoms with Crippen molar-refractivity contribution >= 4 is 17.5 Å². The Hall–Kier alpha value is -1.92. The van der Waals surface area contributed by atoms with Crippen molar-refractivity contribution in [2.24, 2.45) is 5.92 Å². The lowest BCUT2D eigenvalue weighted by molar-refractivity contribution is -0.133. The molecule has 6 nitrogen and oxygen atoms in total. The number of rotatable bonds is 5. The number of imide groups is 1. The number of hydrogen-bond donors (Lipinski definition) is 3. The summed E-state index contributed by atoms with van der Waals surface area (Å²) in [5, 5.41) is 9.18. The molecule has 0 aliphatic carbocycles. The Morgan fingerprint density at radius 3 is 2.57 bits per heavy atom. The number of nitrogens with zero attached hydrogens (tertiary/aromatic N) is 1. The maximum Gasteiger partial charge on any atom is 0.249 e. The van der Waals surface area contributed by atoms with Crippen LogP contribution in [0.3, 0.4) is 0 Å². The molecule has 28 heavy (non-hydrogen) atoms. The maximum atomic E-state index is 12.0. The third kappa shape index (κ3) is 4.92. The highest BCUT2D eigenvalue weighted by Crippen LogP contribution is 2.30. The normalized spacial score (nSPS) is 25.5. The average molecular weight is 385 g/mol. The molecule has 1 aromatic carbocycles. The second-order valence-electron chi connectivity index (χ2n) is 8.54. The zero-order valence-electron chi connectivity index (χ0n) is 16.6. The maximum absolute atomic E-state index is 12.0. The van der Waals surface area contributed by atoms with E-state index < -0.39 is 0 Å². The van der Waals surface area contributed by atoms with Crippen molar-refractivity contribution < 1.29 is 9.59 Å². The molecule has 0 radical (unpaired) electrons. The Bertz CT molecular complexity index is 694. The highest BCUT2D eigenvalue weighted by Gasteiger charge is 2.27. The number of carbonyl (C=O) groups is 2. The molecule has 0 aromatic heterocycles. The topological polar surface area (TPSA) is 73.5 Å². The molecule has 1 aromatic rings. The molecule has 3 aliphatic rings. The largest absolute Gasteiger partial charge is 0.374 e. The summed E-state index contributed by atoms with van der Waals surface area (Å²) in [6, 6.07) is 8.17. The van der Waals surface area contributed by atoms with Gasteiger partial charge in [-0.05, 0) is 87.8 Å². The number of piperidine rings is 3. The highest BCUT2D eigenvalue weighted by molar-refractivity contribution is 6.01. The Morgan fingerprint density at radius 2 is 1.82 bits per heavy atom. The van der Waals surface area contributed by atoms with Crippen LogP contribution in [0, 0.1) is 5.92 Å². The molecule has 3 aliphatic heterocycles. The van der Waals surface area contributed by atoms with Gasteiger partial charge in [0, 0.05) is 18.7 Å². The number of hydrogen-bond acceptors (Lipinski definition) is 5. The average Bonchev–Trinajstić information content (AvgIpc) is 2.72. The molecule has 3 heterocycles. The summed E-state index contributed by atoms with van der Waals surface area (Å²) in [5.41, 5.74) is 2.34. The lowest BCUT2D eigenvalue weighted by Gasteiger charge is -2.35. The van der Waals surface area contributed by atoms with Crippen molar-refractivity contribution in [1.29, 1.82) is 0 Å². The quantitative estimate of drug-likeness (QED) is 0.678. The van der Waals surface area contributed by atoms with Crippen molar-refractivity contribution in [2.45, 2.75) is 50.5 Å². The smallest absolute Gasteiger partial charge is 0.249 e. The molecular weight excluding hydrogens is 352 g/mol. The van der Waals surface area contributed by atoms with E-state index in [1.54, 1.807) is 0 Å². The van der Waals surface area contributed by atoms with E-state index in [4.69, 9.17) is 0 Å². The minimum absolute atomic E-state index is 0.173. The van der Waals surface area contributed by atoms with Gasteiger partial charge in [-0.15, -0.1) is 0 Å². The minimum atomic E-state index is -0.320. The Morgan fingerprint density at radius 1 is 1.04 bits per heavy atom. The van der Waals surface area contributed by atoms with Gasteiger partial charge in [-0.1, -0.05) is 12.1 Å². The number of anilines is 1. The number of likely N-dealkylation sites (tertiary alicyclic amines) is 1. The molecule has 3 fully saturated rings. The predicted octanol–water partition coefficient (Wildman–Crippen LogP) is 2.08. The summed E-state index contributed by atoms with van der Waals surface area (Å²) in [6.45, 7) is 5.96. The Kier molecular flexibility index (Phi) is 6.27. The number of carbonyl (C=O) groups excluding carboxylic acids is 2. The third-order valence-corrected chi connectivity index (χ3v) is 6.50. The van der Waals surface area contributed by atoms with Gasteiger partial charge in [-0.3, -0.25) is 14.9 Å². The molecular formula is C22H32N4O2. The van der Waals surface area contributed by atoms with Crippen molar-refractivity contribution in [2.75, 3.05) is 38.0 Å². The van der Waals surface area contributed by atoms with Gasteiger partial charge in [-0.2, -0.15) is 0 Å². The van der Waals surface area contributed by atoms with Gasteiger partial charge in [0.2, 0.25) is 11.8 Å². The van der Waals surface area contributed by atoms with E-state index in [9.17, 15) is 9.59 Å². The molecule has 152 valence electrons. The SMILES string of the molecule is O=C1CC[C@H](Nc2cccc(C3CCN(CC4CCNCC4)CC3)c2)C(=O)N1. The van der Waals surface area contributed by atoms with Crippen LogP contribution in [0.5, 0.6) is 0 Å². The van der Waals surface area contributed by atoms with Gasteiger partial charge in [0.25, 0.3) is 0 Å². The number of amides is 2. The highest BCUT2D eigenvalue weighted by atomic mass is 16.2. The second-order valence-corrected chi connectivity index (χ2v) is 8.54. The van der Waals surface area contributed by atoms with Crippen LogP contribution in [0.15, 0.2) is 24.3 Å². The first-order valence-corrected chi connectivity index (χ1v) is 10.8. The Balaban J connectivity index is 1.30. The van der Waals surface area contributed by atoms with E-state index in [1.807, 2.05) is 6.07 Å². The number of benzene rings is 1. The van der Waals surface area contributed by atoms with Crippen LogP contribution in [0.2, 0.25) is 0 Å². The molecule has 3 saturated heterocycles. The van der Waals surface area contributed by atoms with E-state index in [-0.39, 0.29) is 17.9 Å². The van der Waals surface area contributed by atoms with Crippen molar-refractivity contribution in [3.05, 3.63) is 29.8 Å². The van der Waals surface area contributed by atoms with E-state index in [1.165, 1.54) is 64.0 Å². The van der Waals surface area contributed by atoms with Gasteiger partial charge in [0.05, 0.1) is 0 Å². The molecule has 3 N–H and O–H groups in total. The lowest BCUT2D eigenvalue weighted by atomic mass is 9.88. The van der Waals surface area contributed by atoms with Crippen molar-refractivity contribution in [1.82, 2.24) is 15.5 Å². The summed E-state index contributed by atoms with van der Waals surface area (Å²) in [7, 11) is 0. The molecule has 1 atom stereocenters. The fourth-order valence-corrected chi connectivity index (χ4v) is 4.79. The van der Waals surface area contributed by atoms with Gasteiger partial charge < -0.3 is 15.5 Å². The fourth-order valence-electron chi connectivity index (χ4n) is 4.79. The zero-order chi connectivity index (χ0) is 19.3. The second kappa shape index (κ2) is 9.05. The summed E-state index contributed by atoms with van der Waals surface area (Å²) in [5.74, 6) is 1.06. The Labute approximate surface area is 167 Å². The van der Waals surface area contributed by atoms with Gasteiger partial charge in [-0.25, -0.2) is 0 Å². The van der Waals surface area contributed by atoms with Crippen molar-refractivity contribution in [3.8, 4) is 0 Å². The van der Waals surface area contributed by atoms with Gasteiger partial charge in [0.15, 0.2) is 0 Å². The molecule has 2 amide bonds. The molecule has 0 spiro atoms. The summed E-state index contributed by atoms with van der Waals surface area (Å²) < 4.78 is 0. The fraction of sp³-hybridized carbons (Fsp3) is 0.636. The summed E-state index contributed by atoms with van der Waals surface area (Å²) in [4.78, 5) is 26.0. The lowest BCUT2D eigenvalue weighted by Crippen LogP contribution is -2.47. The third-order valence-electron chi connectivity index (χ3n) is 6.50. The van der Waals surface area contributed by atoms with Crippen LogP contribution in [0.25, 0.3) is 0 Å². The molecule has 4 rings (SSSR count). The first kappa shape index (κ1) is 19.4. The monoisotopic (exact) mass is 384 g/mol. The molecule has 0 bridgehead atoms. The van der Waals surface area contributed by atoms with Crippen LogP contribution in [-0.4, -0.2) is 55.5 Å². The van der Waals surface area contributed by atoms with Crippen LogP contribution in [0.1, 0.15) is 50.0 Å². The zero-order valence-corrected chi connectivity index (χ0v) is 16.6. The van der Waals surface area contributed by atoms with E-state index in [0.29, 0.717) is 18.8 Å². The van der Waals surface area contributed by atoms with E-state index in [0.717, 1.165) is 11.6 Å². The standard InChI is InChI=1S/C22H32N4O2/c27-21-5-4-20(22(28)25-21)24-19-3-1-2-18(14-19)17-8-12-26(13-9-17)15-16-6-10-23-11-7-16/h1-3,14,16-17,20,23-24H,4-13,15H2,(H,25,27,28)/t20-/m0/s1. The first-order chi connectivity index (χ1) is 13.7. The van der Waals surface area contributed by atoms with Crippen molar-refractivity contribution in [3.63, 3.8) is 0 Å². The first-order valence-electron chi connectivity index (χ1n) is 10.8. The van der Waals surface area contributed by atoms with Crippen LogP contribution >= 0.6 is 0 Å². The van der Waals surface area contributed by atoms with Crippen LogP contribution < -0.4 is 16.0 Å². The number of nitrogens with one attached hydrogen (secondary N) is 3. The summed E-state index contributed by atoms with van der Waals surface area (Å²) >= 11 is 0.